The van der Waals surface area contributed by atoms with E-state index in [2.05, 4.69) is 57.9 Å². The first-order chi connectivity index (χ1) is 45.1. The number of pyridine rings is 1. The highest BCUT2D eigenvalue weighted by molar-refractivity contribution is 7.90. The highest BCUT2D eigenvalue weighted by Gasteiger charge is 2.45. The van der Waals surface area contributed by atoms with E-state index in [-0.39, 0.29) is 59.2 Å². The van der Waals surface area contributed by atoms with E-state index >= 15 is 0 Å². The molecule has 5 amide bonds. The Hall–Kier alpha value is -9.26. The van der Waals surface area contributed by atoms with Gasteiger partial charge < -0.3 is 43.8 Å². The van der Waals surface area contributed by atoms with Crippen LogP contribution >= 0.6 is 11.6 Å². The van der Waals surface area contributed by atoms with Gasteiger partial charge in [-0.3, -0.25) is 39.1 Å². The Bertz CT molecular complexity index is 4180. The van der Waals surface area contributed by atoms with Crippen LogP contribution in [0.25, 0.3) is 22.2 Å². The molecule has 0 spiro atoms. The molecule has 2 aromatic heterocycles. The summed E-state index contributed by atoms with van der Waals surface area (Å²) in [6.07, 6.45) is 4.97. The molecule has 5 aromatic carbocycles. The minimum Gasteiger partial charge on any atom is -0.493 e. The maximum absolute atomic E-state index is 14.2. The van der Waals surface area contributed by atoms with Crippen LogP contribution in [0.4, 0.5) is 17.1 Å². The number of amides is 5. The molecule has 1 unspecified atom stereocenters. The zero-order chi connectivity index (χ0) is 64.6. The molecule has 5 aliphatic rings. The number of aromatic nitrogens is 2. The van der Waals surface area contributed by atoms with Crippen LogP contribution in [0, 0.1) is 28.6 Å². The van der Waals surface area contributed by atoms with E-state index in [1.807, 2.05) is 42.5 Å². The van der Waals surface area contributed by atoms with Gasteiger partial charge in [0.1, 0.15) is 41.2 Å². The lowest BCUT2D eigenvalue weighted by atomic mass is 9.97. The second kappa shape index (κ2) is 28.7. The number of H-pyrrole nitrogens is 1. The number of halogens is 1. The molecule has 12 rings (SSSR count). The number of nitrogens with one attached hydrogen (secondary N) is 4. The van der Waals surface area contributed by atoms with Gasteiger partial charge in [0.2, 0.25) is 11.8 Å². The predicted molar refractivity (Wildman–Crippen MR) is 342 cm³/mol. The number of carbonyl (C=O) groups excluding carboxylic acids is 5. The Kier molecular flexibility index (Phi) is 19.7. The Morgan fingerprint density at radius 1 is 0.828 bits per heavy atom. The third-order valence-corrected chi connectivity index (χ3v) is 18.7. The van der Waals surface area contributed by atoms with Crippen molar-refractivity contribution in [3.63, 3.8) is 0 Å². The normalized spacial score (nSPS) is 17.4. The summed E-state index contributed by atoms with van der Waals surface area (Å²) in [6, 6.07) is 29.8. The molecule has 5 aliphatic heterocycles. The number of piperazine rings is 1. The maximum Gasteiger partial charge on any atom is 0.340 e. The lowest BCUT2D eigenvalue weighted by molar-refractivity contribution is -0.729. The van der Waals surface area contributed by atoms with Gasteiger partial charge in [-0.05, 0) is 103 Å². The van der Waals surface area contributed by atoms with Crippen LogP contribution in [0.2, 0.25) is 5.02 Å². The first kappa shape index (κ1) is 63.9. The number of ether oxygens (including phenoxy) is 5. The van der Waals surface area contributed by atoms with Gasteiger partial charge in [-0.25, -0.2) is 23.3 Å². The molecule has 24 nitrogen and oxygen atoms in total. The summed E-state index contributed by atoms with van der Waals surface area (Å²) in [6.45, 7) is 9.04. The monoisotopic (exact) mass is 1300 g/mol. The van der Waals surface area contributed by atoms with E-state index in [0.717, 1.165) is 77.0 Å². The van der Waals surface area contributed by atoms with Crippen LogP contribution < -0.4 is 29.7 Å². The number of hydrogen-bond donors (Lipinski definition) is 5. The lowest BCUT2D eigenvalue weighted by Crippen LogP contribution is -2.54. The third kappa shape index (κ3) is 15.0. The van der Waals surface area contributed by atoms with Crippen molar-refractivity contribution < 1.29 is 66.2 Å². The number of hydrogen-bond acceptors (Lipinski definition) is 18. The molecule has 0 bridgehead atoms. The van der Waals surface area contributed by atoms with E-state index in [9.17, 15) is 42.5 Å². The third-order valence-electron chi connectivity index (χ3n) is 17.2. The summed E-state index contributed by atoms with van der Waals surface area (Å²) in [5.74, 6) is 4.30. The lowest BCUT2D eigenvalue weighted by Gasteiger charge is -2.39. The van der Waals surface area contributed by atoms with Gasteiger partial charge in [-0.15, -0.1) is 0 Å². The molecular weight excluding hydrogens is 1240 g/mol. The fraction of sp³-hybridized carbons (Fsp3) is 0.343. The number of sulfonamides is 1. The second-order valence-corrected chi connectivity index (χ2v) is 25.4. The van der Waals surface area contributed by atoms with Gasteiger partial charge in [-0.2, -0.15) is 0 Å². The smallest absolute Gasteiger partial charge is 0.340 e. The van der Waals surface area contributed by atoms with Gasteiger partial charge in [0.05, 0.1) is 59.1 Å². The average molecular weight is 1300 g/mol. The van der Waals surface area contributed by atoms with Crippen molar-refractivity contribution in [3.8, 4) is 40.2 Å². The van der Waals surface area contributed by atoms with Gasteiger partial charge in [0.25, 0.3) is 32.7 Å². The Labute approximate surface area is 541 Å². The van der Waals surface area contributed by atoms with Crippen LogP contribution in [0.3, 0.4) is 0 Å². The average Bonchev–Trinajstić information content (AvgIpc) is 1.64. The summed E-state index contributed by atoms with van der Waals surface area (Å²) in [5, 5.41) is 16.8. The molecule has 93 heavy (non-hydrogen) atoms. The van der Waals surface area contributed by atoms with E-state index in [0.29, 0.717) is 107 Å². The Morgan fingerprint density at radius 2 is 1.61 bits per heavy atom. The number of benzene rings is 5. The Balaban J connectivity index is 0.636. The molecular formula is C67H68ClN10O14S+. The van der Waals surface area contributed by atoms with Crippen molar-refractivity contribution in [1.29, 1.82) is 0 Å². The maximum atomic E-state index is 14.2. The van der Waals surface area contributed by atoms with Crippen LogP contribution in [0.15, 0.2) is 126 Å². The summed E-state index contributed by atoms with van der Waals surface area (Å²) >= 11 is 6.36. The molecule has 0 aliphatic carbocycles. The highest BCUT2D eigenvalue weighted by atomic mass is 35.5. The van der Waals surface area contributed by atoms with E-state index < -0.39 is 55.4 Å². The number of anilines is 2. The molecule has 7 heterocycles. The number of carbonyl (C=O) groups is 5. The van der Waals surface area contributed by atoms with Crippen LogP contribution in [-0.2, 0) is 40.4 Å². The number of likely N-dealkylation sites (tertiary alicyclic amines) is 1. The molecule has 482 valence electrons. The van der Waals surface area contributed by atoms with Crippen molar-refractivity contribution in [2.75, 3.05) is 109 Å². The fourth-order valence-electron chi connectivity index (χ4n) is 12.1. The molecule has 7 aromatic rings. The zero-order valence-corrected chi connectivity index (χ0v) is 52.2. The number of rotatable bonds is 24. The molecule has 1 atom stereocenters. The largest absolute Gasteiger partial charge is 0.493 e. The number of fused-ring (bicyclic) bond motifs is 2. The van der Waals surface area contributed by atoms with E-state index in [1.54, 1.807) is 36.5 Å². The van der Waals surface area contributed by atoms with Crippen LogP contribution in [0.5, 0.6) is 17.2 Å². The van der Waals surface area contributed by atoms with Crippen LogP contribution in [0.1, 0.15) is 67.9 Å². The van der Waals surface area contributed by atoms with Crippen molar-refractivity contribution in [1.82, 2.24) is 34.7 Å². The summed E-state index contributed by atoms with van der Waals surface area (Å²) in [4.78, 5) is 91.7. The first-order valence-corrected chi connectivity index (χ1v) is 32.6. The SMILES string of the molecule is O=C1CCC(N2C(=O)c3cccc(C#CCOCCOCCN4CC(COc5cccc(-c6ccc(Cl)cc6)c5CN5CCN(c6ccc(C(=O)NS(=O)(=O)c7ccc(NCC8CCOCC8)c([N+](=O)O)c7)c(Oc7cnc8[nH]ccc8c7)c6)CC5)C4)c3C2=O)C(=O)N1. The second-order valence-electron chi connectivity index (χ2n) is 23.3. The van der Waals surface area contributed by atoms with Crippen molar-refractivity contribution in [3.05, 3.63) is 159 Å². The standard InChI is InChI=1S/C67H67ClN10O14S/c68-48-11-9-45(10-12-48)52-6-2-8-59(91-42-44-39-75(40-44)27-31-90-33-32-88-28-3-5-46-4-1-7-54-62(46)67(83)77(66(54)82)57-17-18-61(79)72-65(57)81)55(52)41-74-23-25-76(26-24-74)49-13-15-53(60(35-49)92-50-34-47-19-22-69-63(47)71-38-50)64(80)73-93(86,87)51-14-16-56(58(36-51)78(84)85)70-37-43-20-29-89-30-21-43/h1-2,4,6-16,19,22,34-36,38,43-44,57,70H,17-18,20-21,23-33,37,39-42H2,(H3-,69,71,72,73,79,80,81,84,85)/p+1. The minimum absolute atomic E-state index is 0.0322. The number of aromatic amines is 1. The fourth-order valence-corrected chi connectivity index (χ4v) is 13.2. The highest BCUT2D eigenvalue weighted by Crippen LogP contribution is 2.37. The molecule has 4 fully saturated rings. The van der Waals surface area contributed by atoms with Gasteiger partial charge >= 0.3 is 5.69 Å². The summed E-state index contributed by atoms with van der Waals surface area (Å²) < 4.78 is 59.9. The Morgan fingerprint density at radius 3 is 2.41 bits per heavy atom. The minimum atomic E-state index is -4.60. The molecule has 26 heteroatoms. The molecule has 0 radical (unpaired) electrons. The number of nitrogens with zero attached hydrogens (tertiary/aromatic N) is 6. The number of piperidine rings is 1. The van der Waals surface area contributed by atoms with Crippen molar-refractivity contribution >= 4 is 79.3 Å². The van der Waals surface area contributed by atoms with E-state index in [4.69, 9.17) is 35.3 Å². The molecule has 0 saturated carbocycles. The molecule has 4 saturated heterocycles. The van der Waals surface area contributed by atoms with Crippen molar-refractivity contribution in [2.24, 2.45) is 11.8 Å². The first-order valence-electron chi connectivity index (χ1n) is 30.8. The summed E-state index contributed by atoms with van der Waals surface area (Å²) in [7, 11) is -4.60. The quantitative estimate of drug-likeness (QED) is 0.0169. The van der Waals surface area contributed by atoms with Gasteiger partial charge in [0.15, 0.2) is 0 Å². The molecule has 5 N–H and O–H groups in total. The predicted octanol–water partition coefficient (Wildman–Crippen LogP) is 7.55. The van der Waals surface area contributed by atoms with Gasteiger partial charge in [-0.1, -0.05) is 53.8 Å². The van der Waals surface area contributed by atoms with E-state index in [1.165, 1.54) is 30.5 Å². The summed E-state index contributed by atoms with van der Waals surface area (Å²) in [5.41, 5.74) is 4.92. The van der Waals surface area contributed by atoms with Crippen LogP contribution in [-0.4, -0.2) is 177 Å². The topological polar surface area (TPSA) is 284 Å². The zero-order valence-electron chi connectivity index (χ0n) is 50.6. The number of imide groups is 2. The van der Waals surface area contributed by atoms with Gasteiger partial charge in [0, 0.05) is 130 Å². The van der Waals surface area contributed by atoms with Crippen molar-refractivity contribution in [2.45, 2.75) is 43.2 Å².